The monoisotopic (exact) mass is 224 g/mol. The van der Waals surface area contributed by atoms with Gasteiger partial charge in [0.1, 0.15) is 0 Å². The van der Waals surface area contributed by atoms with Crippen LogP contribution in [0.2, 0.25) is 0 Å². The van der Waals surface area contributed by atoms with Crippen molar-refractivity contribution in [2.75, 3.05) is 12.9 Å². The van der Waals surface area contributed by atoms with Gasteiger partial charge in [0.2, 0.25) is 0 Å². The van der Waals surface area contributed by atoms with Crippen LogP contribution in [-0.2, 0) is 14.3 Å². The Morgan fingerprint density at radius 3 is 2.07 bits per heavy atom. The summed E-state index contributed by atoms with van der Waals surface area (Å²) in [7, 11) is -3.43. The Bertz CT molecular complexity index is 267. The first-order valence-corrected chi connectivity index (χ1v) is 6.40. The second-order valence-electron chi connectivity index (χ2n) is 4.64. The first kappa shape index (κ1) is 13.9. The predicted octanol–water partition coefficient (Wildman–Crippen LogP) is 1.01. The molecule has 0 amide bonds. The highest BCUT2D eigenvalue weighted by molar-refractivity contribution is 7.85. The number of hydrogen-bond acceptors (Lipinski definition) is 4. The fourth-order valence-corrected chi connectivity index (χ4v) is 1.76. The van der Waals surface area contributed by atoms with Crippen LogP contribution in [0.5, 0.6) is 0 Å². The molecule has 5 heteroatoms. The fraction of sp³-hybridized carbons (Fsp3) is 1.00. The second-order valence-corrected chi connectivity index (χ2v) is 6.29. The van der Waals surface area contributed by atoms with Gasteiger partial charge in [-0.2, -0.15) is 8.42 Å². The van der Waals surface area contributed by atoms with Crippen molar-refractivity contribution < 1.29 is 17.7 Å². The molecule has 0 aromatic rings. The van der Waals surface area contributed by atoms with Gasteiger partial charge in [0.05, 0.1) is 19.0 Å². The van der Waals surface area contributed by atoms with Gasteiger partial charge in [-0.15, -0.1) is 0 Å². The van der Waals surface area contributed by atoms with E-state index in [9.17, 15) is 13.5 Å². The molecule has 0 rings (SSSR count). The first-order valence-electron chi connectivity index (χ1n) is 4.59. The summed E-state index contributed by atoms with van der Waals surface area (Å²) in [4.78, 5) is 0. The number of aliphatic hydroxyl groups is 1. The molecular formula is C9H20O4S. The molecule has 1 unspecified atom stereocenters. The molecule has 0 aliphatic rings. The summed E-state index contributed by atoms with van der Waals surface area (Å²) < 4.78 is 26.2. The number of aliphatic hydroxyl groups excluding tert-OH is 1. The van der Waals surface area contributed by atoms with Crippen LogP contribution < -0.4 is 0 Å². The van der Waals surface area contributed by atoms with Crippen LogP contribution in [0.4, 0.5) is 0 Å². The van der Waals surface area contributed by atoms with Crippen LogP contribution in [0.3, 0.4) is 0 Å². The summed E-state index contributed by atoms with van der Waals surface area (Å²) >= 11 is 0. The van der Waals surface area contributed by atoms with E-state index >= 15 is 0 Å². The zero-order valence-electron chi connectivity index (χ0n) is 9.44. The lowest BCUT2D eigenvalue weighted by Gasteiger charge is -2.32. The van der Waals surface area contributed by atoms with E-state index in [1.807, 2.05) is 13.8 Å². The highest BCUT2D eigenvalue weighted by atomic mass is 32.2. The summed E-state index contributed by atoms with van der Waals surface area (Å²) in [5.41, 5.74) is -0.558. The molecule has 86 valence electrons. The Morgan fingerprint density at radius 2 is 1.79 bits per heavy atom. The van der Waals surface area contributed by atoms with E-state index in [4.69, 9.17) is 0 Å². The topological polar surface area (TPSA) is 63.6 Å². The summed E-state index contributed by atoms with van der Waals surface area (Å²) in [6.07, 6.45) is 0.425. The molecule has 4 nitrogen and oxygen atoms in total. The number of rotatable bonds is 5. The largest absolute Gasteiger partial charge is 0.392 e. The predicted molar refractivity (Wildman–Crippen MR) is 55.4 cm³/mol. The van der Waals surface area contributed by atoms with Crippen LogP contribution in [0.1, 0.15) is 27.7 Å². The molecule has 0 heterocycles. The Morgan fingerprint density at radius 1 is 1.36 bits per heavy atom. The van der Waals surface area contributed by atoms with Crippen molar-refractivity contribution >= 4 is 10.1 Å². The lowest BCUT2D eigenvalue weighted by molar-refractivity contribution is -0.0125. The first-order chi connectivity index (χ1) is 6.06. The minimum absolute atomic E-state index is 0.00514. The van der Waals surface area contributed by atoms with Gasteiger partial charge in [0, 0.05) is 5.41 Å². The highest BCUT2D eigenvalue weighted by Crippen LogP contribution is 2.26. The summed E-state index contributed by atoms with van der Waals surface area (Å²) in [6, 6.07) is 0. The minimum Gasteiger partial charge on any atom is -0.392 e. The Balaban J connectivity index is 4.35. The third-order valence-corrected chi connectivity index (χ3v) is 2.62. The zero-order valence-corrected chi connectivity index (χ0v) is 10.3. The van der Waals surface area contributed by atoms with E-state index in [0.717, 1.165) is 6.26 Å². The van der Waals surface area contributed by atoms with Gasteiger partial charge < -0.3 is 5.11 Å². The smallest absolute Gasteiger partial charge is 0.264 e. The minimum atomic E-state index is -3.43. The molecule has 14 heavy (non-hydrogen) atoms. The van der Waals surface area contributed by atoms with Gasteiger partial charge in [-0.1, -0.05) is 27.7 Å². The van der Waals surface area contributed by atoms with Crippen LogP contribution >= 0.6 is 0 Å². The molecule has 0 spiro atoms. The molecular weight excluding hydrogens is 204 g/mol. The van der Waals surface area contributed by atoms with Gasteiger partial charge in [-0.25, -0.2) is 0 Å². The zero-order chi connectivity index (χ0) is 11.6. The van der Waals surface area contributed by atoms with E-state index in [2.05, 4.69) is 4.18 Å². The van der Waals surface area contributed by atoms with Gasteiger partial charge in [0.25, 0.3) is 10.1 Å². The Labute approximate surface area is 86.4 Å². The van der Waals surface area contributed by atoms with Crippen molar-refractivity contribution in [1.82, 2.24) is 0 Å². The third-order valence-electron chi connectivity index (χ3n) is 2.08. The maximum Gasteiger partial charge on any atom is 0.264 e. The quantitative estimate of drug-likeness (QED) is 0.708. The van der Waals surface area contributed by atoms with Crippen LogP contribution in [-0.4, -0.2) is 32.5 Å². The van der Waals surface area contributed by atoms with Crippen LogP contribution in [0, 0.1) is 11.3 Å². The molecule has 0 aliphatic carbocycles. The van der Waals surface area contributed by atoms with E-state index in [-0.39, 0.29) is 12.5 Å². The van der Waals surface area contributed by atoms with Crippen LogP contribution in [0.15, 0.2) is 0 Å². The lowest BCUT2D eigenvalue weighted by Crippen LogP contribution is -2.38. The molecule has 0 saturated carbocycles. The number of hydrogen-bond donors (Lipinski definition) is 1. The van der Waals surface area contributed by atoms with Gasteiger partial charge in [0.15, 0.2) is 0 Å². The second kappa shape index (κ2) is 4.59. The standard InChI is InChI=1S/C9H20O4S/c1-7(2)8(10)9(3,4)6-13-14(5,11)12/h7-8,10H,6H2,1-5H3. The maximum absolute atomic E-state index is 10.8. The van der Waals surface area contributed by atoms with Crippen molar-refractivity contribution in [1.29, 1.82) is 0 Å². The lowest BCUT2D eigenvalue weighted by atomic mass is 9.82. The molecule has 0 fully saturated rings. The molecule has 0 radical (unpaired) electrons. The average Bonchev–Trinajstić information content (AvgIpc) is 1.98. The molecule has 0 aromatic heterocycles. The van der Waals surface area contributed by atoms with Crippen molar-refractivity contribution in [3.63, 3.8) is 0 Å². The van der Waals surface area contributed by atoms with E-state index in [1.54, 1.807) is 13.8 Å². The normalized spacial score (nSPS) is 15.9. The average molecular weight is 224 g/mol. The molecule has 1 N–H and O–H groups in total. The summed E-state index contributed by atoms with van der Waals surface area (Å²) in [5, 5.41) is 9.78. The van der Waals surface area contributed by atoms with Crippen molar-refractivity contribution in [2.24, 2.45) is 11.3 Å². The fourth-order valence-electron chi connectivity index (χ4n) is 1.25. The Kier molecular flexibility index (Phi) is 4.55. The molecule has 0 saturated heterocycles. The van der Waals surface area contributed by atoms with Gasteiger partial charge >= 0.3 is 0 Å². The molecule has 0 aromatic carbocycles. The van der Waals surface area contributed by atoms with E-state index in [0.29, 0.717) is 0 Å². The Hall–Kier alpha value is -0.130. The van der Waals surface area contributed by atoms with E-state index < -0.39 is 21.6 Å². The van der Waals surface area contributed by atoms with Crippen molar-refractivity contribution in [3.05, 3.63) is 0 Å². The van der Waals surface area contributed by atoms with E-state index in [1.165, 1.54) is 0 Å². The van der Waals surface area contributed by atoms with Crippen molar-refractivity contribution in [2.45, 2.75) is 33.8 Å². The summed E-state index contributed by atoms with van der Waals surface area (Å²) in [6.45, 7) is 7.33. The summed E-state index contributed by atoms with van der Waals surface area (Å²) in [5.74, 6) is 0.0770. The molecule has 0 bridgehead atoms. The van der Waals surface area contributed by atoms with Gasteiger partial charge in [-0.05, 0) is 5.92 Å². The van der Waals surface area contributed by atoms with Crippen molar-refractivity contribution in [3.8, 4) is 0 Å². The maximum atomic E-state index is 10.8. The highest BCUT2D eigenvalue weighted by Gasteiger charge is 2.31. The molecule has 0 aliphatic heterocycles. The van der Waals surface area contributed by atoms with Crippen LogP contribution in [0.25, 0.3) is 0 Å². The van der Waals surface area contributed by atoms with Gasteiger partial charge in [-0.3, -0.25) is 4.18 Å². The SMILES string of the molecule is CC(C)C(O)C(C)(C)COS(C)(=O)=O. The molecule has 1 atom stereocenters. The third kappa shape index (κ3) is 4.93.